The number of pyridine rings is 1. The molecule has 0 bridgehead atoms. The molecule has 0 spiro atoms. The lowest BCUT2D eigenvalue weighted by Crippen LogP contribution is -2.23. The van der Waals surface area contributed by atoms with Crippen molar-refractivity contribution in [3.8, 4) is 11.4 Å². The fraction of sp³-hybridized carbons (Fsp3) is 0.389. The van der Waals surface area contributed by atoms with Gasteiger partial charge in [-0.2, -0.15) is 0 Å². The van der Waals surface area contributed by atoms with Gasteiger partial charge in [0.05, 0.1) is 46.9 Å². The number of thiazole rings is 1. The Bertz CT molecular complexity index is 837. The molecule has 0 saturated carbocycles. The Morgan fingerprint density at radius 3 is 3.00 bits per heavy atom. The van der Waals surface area contributed by atoms with Crippen LogP contribution in [0.25, 0.3) is 11.4 Å². The molecular formula is C18H21N5S. The van der Waals surface area contributed by atoms with Crippen LogP contribution in [0, 0.1) is 6.92 Å². The Morgan fingerprint density at radius 1 is 1.33 bits per heavy atom. The number of aromatic nitrogens is 4. The molecule has 1 aliphatic heterocycles. The minimum atomic E-state index is 0.389. The molecular weight excluding hydrogens is 318 g/mol. The van der Waals surface area contributed by atoms with E-state index in [4.69, 9.17) is 4.98 Å². The van der Waals surface area contributed by atoms with E-state index in [0.717, 1.165) is 35.9 Å². The number of nitrogens with zero attached hydrogens (tertiary/aromatic N) is 5. The van der Waals surface area contributed by atoms with Crippen molar-refractivity contribution < 1.29 is 0 Å². The summed E-state index contributed by atoms with van der Waals surface area (Å²) >= 11 is 1.75. The largest absolute Gasteiger partial charge is 0.332 e. The Labute approximate surface area is 146 Å². The number of imidazole rings is 1. The van der Waals surface area contributed by atoms with Gasteiger partial charge in [0.1, 0.15) is 0 Å². The summed E-state index contributed by atoms with van der Waals surface area (Å²) in [6.07, 6.45) is 6.08. The van der Waals surface area contributed by atoms with Crippen LogP contribution in [0.3, 0.4) is 0 Å². The molecule has 0 radical (unpaired) electrons. The fourth-order valence-corrected chi connectivity index (χ4v) is 4.20. The lowest BCUT2D eigenvalue weighted by molar-refractivity contribution is 0.246. The molecule has 1 aliphatic rings. The highest BCUT2D eigenvalue weighted by Crippen LogP contribution is 2.34. The lowest BCUT2D eigenvalue weighted by Gasteiger charge is -2.24. The van der Waals surface area contributed by atoms with Crippen LogP contribution in [0.5, 0.6) is 0 Å². The first kappa shape index (κ1) is 15.5. The molecule has 0 amide bonds. The van der Waals surface area contributed by atoms with Crippen molar-refractivity contribution >= 4 is 11.3 Å². The van der Waals surface area contributed by atoms with Gasteiger partial charge in [0, 0.05) is 18.5 Å². The summed E-state index contributed by atoms with van der Waals surface area (Å²) < 4.78 is 2.01. The first-order valence-corrected chi connectivity index (χ1v) is 9.17. The van der Waals surface area contributed by atoms with E-state index in [1.54, 1.807) is 11.3 Å². The Balaban J connectivity index is 1.61. The van der Waals surface area contributed by atoms with Gasteiger partial charge in [-0.3, -0.25) is 4.90 Å². The number of aryl methyl sites for hydroxylation is 2. The molecule has 1 saturated heterocycles. The Kier molecular flexibility index (Phi) is 4.16. The maximum atomic E-state index is 4.95. The maximum absolute atomic E-state index is 4.95. The number of hydrogen-bond donors (Lipinski definition) is 0. The van der Waals surface area contributed by atoms with Gasteiger partial charge >= 0.3 is 0 Å². The van der Waals surface area contributed by atoms with Crippen LogP contribution in [0.1, 0.15) is 35.1 Å². The predicted octanol–water partition coefficient (Wildman–Crippen LogP) is 3.58. The van der Waals surface area contributed by atoms with Crippen molar-refractivity contribution in [2.24, 2.45) is 7.05 Å². The number of likely N-dealkylation sites (tertiary alicyclic amines) is 1. The molecule has 0 N–H and O–H groups in total. The predicted molar refractivity (Wildman–Crippen MR) is 95.7 cm³/mol. The molecule has 24 heavy (non-hydrogen) atoms. The zero-order valence-corrected chi connectivity index (χ0v) is 14.8. The highest BCUT2D eigenvalue weighted by Gasteiger charge is 2.28. The van der Waals surface area contributed by atoms with Crippen molar-refractivity contribution in [2.75, 3.05) is 6.54 Å². The van der Waals surface area contributed by atoms with Crippen LogP contribution in [0.15, 0.2) is 36.2 Å². The zero-order chi connectivity index (χ0) is 16.5. The highest BCUT2D eigenvalue weighted by molar-refractivity contribution is 7.09. The summed E-state index contributed by atoms with van der Waals surface area (Å²) in [5.74, 6) is 0. The van der Waals surface area contributed by atoms with Crippen LogP contribution in [-0.2, 0) is 13.6 Å². The van der Waals surface area contributed by atoms with E-state index in [9.17, 15) is 0 Å². The topological polar surface area (TPSA) is 46.8 Å². The molecule has 1 fully saturated rings. The summed E-state index contributed by atoms with van der Waals surface area (Å²) in [4.78, 5) is 17.4. The third-order valence-electron chi connectivity index (χ3n) is 4.75. The van der Waals surface area contributed by atoms with E-state index in [-0.39, 0.29) is 0 Å². The third kappa shape index (κ3) is 2.87. The summed E-state index contributed by atoms with van der Waals surface area (Å²) in [5.41, 5.74) is 6.31. The quantitative estimate of drug-likeness (QED) is 0.729. The van der Waals surface area contributed by atoms with Gasteiger partial charge in [-0.15, -0.1) is 11.3 Å². The average Bonchev–Trinajstić information content (AvgIpc) is 3.31. The van der Waals surface area contributed by atoms with Gasteiger partial charge < -0.3 is 4.57 Å². The normalized spacial score (nSPS) is 18.3. The van der Waals surface area contributed by atoms with Crippen LogP contribution >= 0.6 is 11.3 Å². The summed E-state index contributed by atoms with van der Waals surface area (Å²) in [6.45, 7) is 4.19. The average molecular weight is 339 g/mol. The molecule has 3 aromatic heterocycles. The molecule has 5 nitrogen and oxygen atoms in total. The molecule has 3 aromatic rings. The van der Waals surface area contributed by atoms with Gasteiger partial charge in [-0.1, -0.05) is 6.07 Å². The molecule has 0 aliphatic carbocycles. The van der Waals surface area contributed by atoms with Gasteiger partial charge in [-0.05, 0) is 38.4 Å². The maximum Gasteiger partial charge on any atom is 0.0948 e. The molecule has 4 heterocycles. The van der Waals surface area contributed by atoms with Crippen LogP contribution in [0.4, 0.5) is 0 Å². The Morgan fingerprint density at radius 2 is 2.25 bits per heavy atom. The van der Waals surface area contributed by atoms with E-state index in [1.165, 1.54) is 17.7 Å². The number of hydrogen-bond acceptors (Lipinski definition) is 5. The van der Waals surface area contributed by atoms with Crippen molar-refractivity contribution in [1.82, 2.24) is 24.4 Å². The second-order valence-corrected chi connectivity index (χ2v) is 7.27. The van der Waals surface area contributed by atoms with E-state index in [2.05, 4.69) is 40.0 Å². The number of rotatable bonds is 4. The lowest BCUT2D eigenvalue weighted by atomic mass is 10.1. The monoisotopic (exact) mass is 339 g/mol. The molecule has 0 unspecified atom stereocenters. The SMILES string of the molecule is Cc1ncsc1CN1CCC[C@H]1c1cccc(-c2cncn2C)n1. The van der Waals surface area contributed by atoms with Crippen molar-refractivity contribution in [2.45, 2.75) is 32.4 Å². The van der Waals surface area contributed by atoms with Crippen LogP contribution < -0.4 is 0 Å². The highest BCUT2D eigenvalue weighted by atomic mass is 32.1. The van der Waals surface area contributed by atoms with E-state index < -0.39 is 0 Å². The van der Waals surface area contributed by atoms with Crippen molar-refractivity contribution in [1.29, 1.82) is 0 Å². The van der Waals surface area contributed by atoms with Gasteiger partial charge in [0.2, 0.25) is 0 Å². The van der Waals surface area contributed by atoms with E-state index in [0.29, 0.717) is 6.04 Å². The first-order chi connectivity index (χ1) is 11.7. The second kappa shape index (κ2) is 6.45. The standard InChI is InChI=1S/C18H21N5S/c1-13-18(24-12-20-13)10-23-8-4-7-16(23)14-5-3-6-15(21-14)17-9-19-11-22(17)2/h3,5-6,9,11-12,16H,4,7-8,10H2,1-2H3/t16-/m0/s1. The van der Waals surface area contributed by atoms with Crippen LogP contribution in [0.2, 0.25) is 0 Å². The van der Waals surface area contributed by atoms with Gasteiger partial charge in [0.25, 0.3) is 0 Å². The van der Waals surface area contributed by atoms with E-state index >= 15 is 0 Å². The summed E-state index contributed by atoms with van der Waals surface area (Å²) in [6, 6.07) is 6.72. The first-order valence-electron chi connectivity index (χ1n) is 8.29. The Hall–Kier alpha value is -2.05. The molecule has 4 rings (SSSR count). The zero-order valence-electron chi connectivity index (χ0n) is 14.0. The van der Waals surface area contributed by atoms with Gasteiger partial charge in [-0.25, -0.2) is 15.0 Å². The minimum absolute atomic E-state index is 0.389. The van der Waals surface area contributed by atoms with Crippen molar-refractivity contribution in [3.63, 3.8) is 0 Å². The fourth-order valence-electron chi connectivity index (χ4n) is 3.40. The minimum Gasteiger partial charge on any atom is -0.332 e. The smallest absolute Gasteiger partial charge is 0.0948 e. The molecule has 0 aromatic carbocycles. The summed E-state index contributed by atoms with van der Waals surface area (Å²) in [5, 5.41) is 0. The second-order valence-electron chi connectivity index (χ2n) is 6.33. The van der Waals surface area contributed by atoms with Gasteiger partial charge in [0.15, 0.2) is 0 Å². The van der Waals surface area contributed by atoms with Crippen molar-refractivity contribution in [3.05, 3.63) is 52.5 Å². The third-order valence-corrected chi connectivity index (χ3v) is 5.67. The van der Waals surface area contributed by atoms with E-state index in [1.807, 2.05) is 29.6 Å². The molecule has 124 valence electrons. The molecule has 6 heteroatoms. The molecule has 1 atom stereocenters. The summed E-state index contributed by atoms with van der Waals surface area (Å²) in [7, 11) is 2.01. The van der Waals surface area contributed by atoms with Crippen LogP contribution in [-0.4, -0.2) is 31.0 Å².